The summed E-state index contributed by atoms with van der Waals surface area (Å²) in [4.78, 5) is 6.60. The lowest BCUT2D eigenvalue weighted by atomic mass is 10.3. The smallest absolute Gasteiger partial charge is 0.252 e. The zero-order chi connectivity index (χ0) is 12.6. The van der Waals surface area contributed by atoms with Crippen molar-refractivity contribution in [2.75, 3.05) is 46.5 Å². The zero-order valence-corrected chi connectivity index (χ0v) is 10.7. The first-order valence-corrected chi connectivity index (χ1v) is 6.19. The Hall–Kier alpha value is -1.02. The number of nitrogens with one attached hydrogen (secondary N) is 1. The predicted octanol–water partition coefficient (Wildman–Crippen LogP) is -0.362. The molecule has 1 saturated heterocycles. The third-order valence-electron chi connectivity index (χ3n) is 2.74. The molecule has 1 aromatic rings. The van der Waals surface area contributed by atoms with E-state index < -0.39 is 0 Å². The fourth-order valence-electron chi connectivity index (χ4n) is 1.78. The lowest BCUT2D eigenvalue weighted by Crippen LogP contribution is -2.43. The number of rotatable bonds is 7. The number of ether oxygens (including phenoxy) is 2. The second kappa shape index (κ2) is 7.42. The molecule has 102 valence electrons. The van der Waals surface area contributed by atoms with Crippen molar-refractivity contribution in [1.82, 2.24) is 20.4 Å². The highest BCUT2D eigenvalue weighted by molar-refractivity contribution is 4.86. The minimum absolute atomic E-state index is 0.345. The van der Waals surface area contributed by atoms with Gasteiger partial charge < -0.3 is 19.3 Å². The second-order valence-corrected chi connectivity index (χ2v) is 4.18. The molecule has 0 atom stereocenters. The Morgan fingerprint density at radius 3 is 2.94 bits per heavy atom. The summed E-state index contributed by atoms with van der Waals surface area (Å²) in [5.41, 5.74) is 0. The van der Waals surface area contributed by atoms with Crippen LogP contribution in [0.4, 0.5) is 0 Å². The first-order chi connectivity index (χ1) is 8.88. The van der Waals surface area contributed by atoms with Gasteiger partial charge in [0.1, 0.15) is 6.61 Å². The SMILES string of the molecule is COCCOCc1nc(CN2CCNCC2)no1. The molecule has 1 N–H and O–H groups in total. The molecule has 1 aliphatic rings. The molecule has 0 unspecified atom stereocenters. The van der Waals surface area contributed by atoms with E-state index in [0.717, 1.165) is 38.5 Å². The summed E-state index contributed by atoms with van der Waals surface area (Å²) in [6, 6.07) is 0. The average molecular weight is 256 g/mol. The standard InChI is InChI=1S/C11H20N4O3/c1-16-6-7-17-9-11-13-10(14-18-11)8-15-4-2-12-3-5-15/h12H,2-9H2,1H3. The van der Waals surface area contributed by atoms with E-state index >= 15 is 0 Å². The van der Waals surface area contributed by atoms with Crippen molar-refractivity contribution in [2.24, 2.45) is 0 Å². The van der Waals surface area contributed by atoms with Gasteiger partial charge in [0.25, 0.3) is 5.89 Å². The van der Waals surface area contributed by atoms with E-state index in [2.05, 4.69) is 20.4 Å². The zero-order valence-electron chi connectivity index (χ0n) is 10.7. The van der Waals surface area contributed by atoms with Crippen LogP contribution in [0.3, 0.4) is 0 Å². The maximum Gasteiger partial charge on any atom is 0.252 e. The van der Waals surface area contributed by atoms with Gasteiger partial charge in [0.15, 0.2) is 5.82 Å². The molecule has 0 spiro atoms. The molecule has 2 rings (SSSR count). The van der Waals surface area contributed by atoms with E-state index in [0.29, 0.717) is 25.7 Å². The largest absolute Gasteiger partial charge is 0.382 e. The summed E-state index contributed by atoms with van der Waals surface area (Å²) >= 11 is 0. The fraction of sp³-hybridized carbons (Fsp3) is 0.818. The minimum Gasteiger partial charge on any atom is -0.382 e. The molecule has 0 aliphatic carbocycles. The third-order valence-corrected chi connectivity index (χ3v) is 2.74. The molecule has 1 aliphatic heterocycles. The summed E-state index contributed by atoms with van der Waals surface area (Å²) in [6.07, 6.45) is 0. The van der Waals surface area contributed by atoms with Crippen LogP contribution in [0.1, 0.15) is 11.7 Å². The highest BCUT2D eigenvalue weighted by Crippen LogP contribution is 2.04. The van der Waals surface area contributed by atoms with E-state index in [9.17, 15) is 0 Å². The van der Waals surface area contributed by atoms with Gasteiger partial charge in [-0.2, -0.15) is 4.98 Å². The van der Waals surface area contributed by atoms with Crippen molar-refractivity contribution in [3.63, 3.8) is 0 Å². The van der Waals surface area contributed by atoms with Gasteiger partial charge in [-0.05, 0) is 0 Å². The molecule has 0 radical (unpaired) electrons. The fourth-order valence-corrected chi connectivity index (χ4v) is 1.78. The number of hydrogen-bond donors (Lipinski definition) is 1. The highest BCUT2D eigenvalue weighted by Gasteiger charge is 2.13. The maximum atomic E-state index is 5.32. The molecule has 18 heavy (non-hydrogen) atoms. The van der Waals surface area contributed by atoms with Crippen molar-refractivity contribution >= 4 is 0 Å². The van der Waals surface area contributed by atoms with Gasteiger partial charge in [-0.3, -0.25) is 4.90 Å². The van der Waals surface area contributed by atoms with Crippen LogP contribution in [-0.2, 0) is 22.6 Å². The van der Waals surface area contributed by atoms with Crippen molar-refractivity contribution < 1.29 is 14.0 Å². The van der Waals surface area contributed by atoms with Crippen LogP contribution in [0.15, 0.2) is 4.52 Å². The lowest BCUT2D eigenvalue weighted by molar-refractivity contribution is 0.0494. The van der Waals surface area contributed by atoms with Gasteiger partial charge in [0.2, 0.25) is 0 Å². The Balaban J connectivity index is 1.71. The van der Waals surface area contributed by atoms with Crippen molar-refractivity contribution in [3.8, 4) is 0 Å². The van der Waals surface area contributed by atoms with Crippen LogP contribution in [-0.4, -0.2) is 61.5 Å². The summed E-state index contributed by atoms with van der Waals surface area (Å²) in [5.74, 6) is 1.25. The molecule has 1 fully saturated rings. The molecule has 7 heteroatoms. The lowest BCUT2D eigenvalue weighted by Gasteiger charge is -2.25. The second-order valence-electron chi connectivity index (χ2n) is 4.18. The Morgan fingerprint density at radius 1 is 1.33 bits per heavy atom. The molecular weight excluding hydrogens is 236 g/mol. The molecule has 0 bridgehead atoms. The number of piperazine rings is 1. The van der Waals surface area contributed by atoms with E-state index in [1.54, 1.807) is 7.11 Å². The van der Waals surface area contributed by atoms with Crippen molar-refractivity contribution in [1.29, 1.82) is 0 Å². The summed E-state index contributed by atoms with van der Waals surface area (Å²) < 4.78 is 15.3. The van der Waals surface area contributed by atoms with Crippen LogP contribution in [0.2, 0.25) is 0 Å². The summed E-state index contributed by atoms with van der Waals surface area (Å²) in [6.45, 7) is 6.27. The van der Waals surface area contributed by atoms with Gasteiger partial charge in [0, 0.05) is 33.3 Å². The number of nitrogens with zero attached hydrogens (tertiary/aromatic N) is 3. The van der Waals surface area contributed by atoms with Crippen LogP contribution in [0.25, 0.3) is 0 Å². The number of aromatic nitrogens is 2. The highest BCUT2D eigenvalue weighted by atomic mass is 16.5. The molecule has 0 saturated carbocycles. The summed E-state index contributed by atoms with van der Waals surface area (Å²) in [7, 11) is 1.64. The quantitative estimate of drug-likeness (QED) is 0.668. The van der Waals surface area contributed by atoms with Crippen LogP contribution in [0.5, 0.6) is 0 Å². The van der Waals surface area contributed by atoms with E-state index in [-0.39, 0.29) is 0 Å². The van der Waals surface area contributed by atoms with E-state index in [1.165, 1.54) is 0 Å². The minimum atomic E-state index is 0.345. The Labute approximate surface area is 106 Å². The van der Waals surface area contributed by atoms with E-state index in [4.69, 9.17) is 14.0 Å². The van der Waals surface area contributed by atoms with Crippen molar-refractivity contribution in [3.05, 3.63) is 11.7 Å². The Bertz CT molecular complexity index is 339. The number of hydrogen-bond acceptors (Lipinski definition) is 7. The van der Waals surface area contributed by atoms with Gasteiger partial charge >= 0.3 is 0 Å². The predicted molar refractivity (Wildman–Crippen MR) is 64.0 cm³/mol. The third kappa shape index (κ3) is 4.34. The normalized spacial score (nSPS) is 17.2. The molecule has 0 amide bonds. The summed E-state index contributed by atoms with van der Waals surface area (Å²) in [5, 5.41) is 7.26. The Kier molecular flexibility index (Phi) is 5.53. The van der Waals surface area contributed by atoms with E-state index in [1.807, 2.05) is 0 Å². The Morgan fingerprint density at radius 2 is 2.17 bits per heavy atom. The monoisotopic (exact) mass is 256 g/mol. The first kappa shape index (κ1) is 13.4. The number of methoxy groups -OCH3 is 1. The van der Waals surface area contributed by atoms with Gasteiger partial charge in [-0.15, -0.1) is 0 Å². The van der Waals surface area contributed by atoms with Crippen LogP contribution >= 0.6 is 0 Å². The van der Waals surface area contributed by atoms with Crippen LogP contribution < -0.4 is 5.32 Å². The molecule has 7 nitrogen and oxygen atoms in total. The molecule has 2 heterocycles. The average Bonchev–Trinajstić information content (AvgIpc) is 2.84. The molecular formula is C11H20N4O3. The maximum absolute atomic E-state index is 5.32. The van der Waals surface area contributed by atoms with Gasteiger partial charge in [-0.25, -0.2) is 0 Å². The first-order valence-electron chi connectivity index (χ1n) is 6.19. The van der Waals surface area contributed by atoms with Gasteiger partial charge in [-0.1, -0.05) is 5.16 Å². The molecule has 0 aromatic carbocycles. The van der Waals surface area contributed by atoms with Gasteiger partial charge in [0.05, 0.1) is 19.8 Å². The van der Waals surface area contributed by atoms with Crippen LogP contribution in [0, 0.1) is 0 Å². The van der Waals surface area contributed by atoms with Crippen molar-refractivity contribution in [2.45, 2.75) is 13.2 Å². The molecule has 1 aromatic heterocycles. The topological polar surface area (TPSA) is 72.7 Å².